The minimum absolute atomic E-state index is 0.230. The quantitative estimate of drug-likeness (QED) is 0.411. The van der Waals surface area contributed by atoms with Crippen LogP contribution in [0.2, 0.25) is 0 Å². The molecule has 0 aliphatic rings. The Morgan fingerprint density at radius 2 is 2.11 bits per heavy atom. The highest BCUT2D eigenvalue weighted by atomic mass is 15.0. The van der Waals surface area contributed by atoms with Crippen LogP contribution in [0.1, 0.15) is 20.8 Å². The van der Waals surface area contributed by atoms with Gasteiger partial charge in [-0.05, 0) is 20.8 Å². The molecule has 0 heterocycles. The summed E-state index contributed by atoms with van der Waals surface area (Å²) in [4.78, 5) is 7.73. The van der Waals surface area contributed by atoms with Crippen molar-refractivity contribution in [3.63, 3.8) is 0 Å². The minimum atomic E-state index is 0.230. The highest BCUT2D eigenvalue weighted by Crippen LogP contribution is 1.84. The van der Waals surface area contributed by atoms with E-state index in [1.54, 1.807) is 6.21 Å². The van der Waals surface area contributed by atoms with Crippen molar-refractivity contribution in [1.29, 1.82) is 0 Å². The second-order valence-electron chi connectivity index (χ2n) is 1.97. The molecule has 0 unspecified atom stereocenters. The van der Waals surface area contributed by atoms with E-state index >= 15 is 0 Å². The van der Waals surface area contributed by atoms with Crippen molar-refractivity contribution in [2.45, 2.75) is 26.8 Å². The molecular weight excluding hydrogens is 114 g/mol. The molecule has 0 spiro atoms. The Bertz CT molecular complexity index is 124. The molecule has 0 fully saturated rings. The Morgan fingerprint density at radius 1 is 1.56 bits per heavy atom. The summed E-state index contributed by atoms with van der Waals surface area (Å²) < 4.78 is 0. The van der Waals surface area contributed by atoms with Crippen molar-refractivity contribution in [2.24, 2.45) is 15.7 Å². The average molecular weight is 127 g/mol. The fraction of sp³-hybridized carbons (Fsp3) is 0.667. The van der Waals surface area contributed by atoms with Gasteiger partial charge in [0.2, 0.25) is 5.96 Å². The summed E-state index contributed by atoms with van der Waals surface area (Å²) in [5.41, 5.74) is 5.34. The number of nitrogens with two attached hydrogens (primary N) is 1. The van der Waals surface area contributed by atoms with Crippen molar-refractivity contribution in [3.05, 3.63) is 0 Å². The summed E-state index contributed by atoms with van der Waals surface area (Å²) in [6.07, 6.45) is 1.63. The van der Waals surface area contributed by atoms with Crippen molar-refractivity contribution >= 4 is 12.2 Å². The van der Waals surface area contributed by atoms with Gasteiger partial charge in [0.05, 0.1) is 0 Å². The summed E-state index contributed by atoms with van der Waals surface area (Å²) in [5.74, 6) is 0.354. The largest absolute Gasteiger partial charge is 0.368 e. The topological polar surface area (TPSA) is 50.7 Å². The van der Waals surface area contributed by atoms with Crippen molar-refractivity contribution in [1.82, 2.24) is 0 Å². The van der Waals surface area contributed by atoms with E-state index in [4.69, 9.17) is 5.73 Å². The number of guanidine groups is 1. The normalized spacial score (nSPS) is 13.6. The fourth-order valence-electron chi connectivity index (χ4n) is 0.430. The van der Waals surface area contributed by atoms with Gasteiger partial charge in [0.15, 0.2) is 0 Å². The Balaban J connectivity index is 3.84. The summed E-state index contributed by atoms with van der Waals surface area (Å²) in [5, 5.41) is 0. The minimum Gasteiger partial charge on any atom is -0.368 e. The lowest BCUT2D eigenvalue weighted by Crippen LogP contribution is -2.10. The lowest BCUT2D eigenvalue weighted by Gasteiger charge is -1.94. The molecule has 0 radical (unpaired) electrons. The zero-order valence-corrected chi connectivity index (χ0v) is 6.13. The number of nitrogens with zero attached hydrogens (tertiary/aromatic N) is 2. The molecule has 0 atom stereocenters. The monoisotopic (exact) mass is 127 g/mol. The maximum absolute atomic E-state index is 5.34. The van der Waals surface area contributed by atoms with Gasteiger partial charge in [-0.25, -0.2) is 9.98 Å². The molecule has 0 aromatic rings. The third kappa shape index (κ3) is 5.00. The van der Waals surface area contributed by atoms with Crippen LogP contribution in [0.4, 0.5) is 0 Å². The summed E-state index contributed by atoms with van der Waals surface area (Å²) in [7, 11) is 0. The van der Waals surface area contributed by atoms with E-state index in [1.165, 1.54) is 0 Å². The molecule has 52 valence electrons. The van der Waals surface area contributed by atoms with Crippen molar-refractivity contribution in [3.8, 4) is 0 Å². The molecule has 9 heavy (non-hydrogen) atoms. The fourth-order valence-corrected chi connectivity index (χ4v) is 0.430. The summed E-state index contributed by atoms with van der Waals surface area (Å²) in [6, 6.07) is 0.230. The van der Waals surface area contributed by atoms with Gasteiger partial charge in [0.25, 0.3) is 0 Å². The zero-order chi connectivity index (χ0) is 7.28. The first-order valence-corrected chi connectivity index (χ1v) is 2.98. The van der Waals surface area contributed by atoms with Crippen molar-refractivity contribution < 1.29 is 0 Å². The highest BCUT2D eigenvalue weighted by Gasteiger charge is 1.87. The standard InChI is InChI=1S/C6H13N3/c1-4-8-6(7)9-5(2)3/h4-5H,1-3H3,(H2,7,9)/b8-4-. The van der Waals surface area contributed by atoms with Crippen LogP contribution in [0.3, 0.4) is 0 Å². The average Bonchev–Trinajstić information content (AvgIpc) is 1.63. The molecule has 0 saturated heterocycles. The van der Waals surface area contributed by atoms with E-state index in [2.05, 4.69) is 9.98 Å². The molecule has 0 aliphatic heterocycles. The Labute approximate surface area is 55.7 Å². The molecule has 0 aromatic heterocycles. The van der Waals surface area contributed by atoms with Gasteiger partial charge < -0.3 is 5.73 Å². The van der Waals surface area contributed by atoms with Crippen LogP contribution in [0.5, 0.6) is 0 Å². The predicted molar refractivity (Wildman–Crippen MR) is 40.9 cm³/mol. The van der Waals surface area contributed by atoms with Crippen LogP contribution in [0.15, 0.2) is 9.98 Å². The second kappa shape index (κ2) is 4.06. The number of rotatable bonds is 1. The smallest absolute Gasteiger partial charge is 0.215 e. The molecule has 0 amide bonds. The van der Waals surface area contributed by atoms with E-state index in [9.17, 15) is 0 Å². The van der Waals surface area contributed by atoms with E-state index in [1.807, 2.05) is 20.8 Å². The molecule has 0 saturated carbocycles. The maximum Gasteiger partial charge on any atom is 0.215 e. The first-order valence-electron chi connectivity index (χ1n) is 2.98. The van der Waals surface area contributed by atoms with Crippen LogP contribution >= 0.6 is 0 Å². The van der Waals surface area contributed by atoms with Crippen LogP contribution < -0.4 is 5.73 Å². The van der Waals surface area contributed by atoms with Crippen LogP contribution in [0.25, 0.3) is 0 Å². The summed E-state index contributed by atoms with van der Waals surface area (Å²) >= 11 is 0. The van der Waals surface area contributed by atoms with Gasteiger partial charge in [-0.2, -0.15) is 0 Å². The third-order valence-corrected chi connectivity index (χ3v) is 0.652. The van der Waals surface area contributed by atoms with Gasteiger partial charge in [0, 0.05) is 12.3 Å². The molecule has 0 aliphatic carbocycles. The Morgan fingerprint density at radius 3 is 2.44 bits per heavy atom. The molecular formula is C6H13N3. The van der Waals surface area contributed by atoms with Crippen LogP contribution in [-0.4, -0.2) is 18.2 Å². The maximum atomic E-state index is 5.34. The number of aliphatic imine (C=N–C) groups is 2. The first-order chi connectivity index (χ1) is 4.16. The molecule has 3 nitrogen and oxygen atoms in total. The van der Waals surface area contributed by atoms with Gasteiger partial charge in [-0.3, -0.25) is 0 Å². The number of hydrogen-bond donors (Lipinski definition) is 1. The highest BCUT2D eigenvalue weighted by molar-refractivity contribution is 5.85. The van der Waals surface area contributed by atoms with Crippen LogP contribution in [0, 0.1) is 0 Å². The zero-order valence-electron chi connectivity index (χ0n) is 6.13. The van der Waals surface area contributed by atoms with Crippen LogP contribution in [-0.2, 0) is 0 Å². The molecule has 0 bridgehead atoms. The Kier molecular flexibility index (Phi) is 3.67. The van der Waals surface area contributed by atoms with Crippen molar-refractivity contribution in [2.75, 3.05) is 0 Å². The third-order valence-electron chi connectivity index (χ3n) is 0.652. The molecule has 0 aromatic carbocycles. The van der Waals surface area contributed by atoms with Gasteiger partial charge in [-0.15, -0.1) is 0 Å². The van der Waals surface area contributed by atoms with E-state index in [-0.39, 0.29) is 6.04 Å². The molecule has 2 N–H and O–H groups in total. The lowest BCUT2D eigenvalue weighted by molar-refractivity contribution is 0.832. The molecule has 0 rings (SSSR count). The SMILES string of the molecule is C/C=N\C(N)=N/C(C)C. The lowest BCUT2D eigenvalue weighted by atomic mass is 10.4. The van der Waals surface area contributed by atoms with Gasteiger partial charge in [-0.1, -0.05) is 0 Å². The second-order valence-corrected chi connectivity index (χ2v) is 1.97. The van der Waals surface area contributed by atoms with Gasteiger partial charge >= 0.3 is 0 Å². The first kappa shape index (κ1) is 8.14. The van der Waals surface area contributed by atoms with E-state index in [0.29, 0.717) is 5.96 Å². The summed E-state index contributed by atoms with van der Waals surface area (Å²) in [6.45, 7) is 5.72. The number of hydrogen-bond acceptors (Lipinski definition) is 1. The van der Waals surface area contributed by atoms with E-state index < -0.39 is 0 Å². The van der Waals surface area contributed by atoms with Gasteiger partial charge in [0.1, 0.15) is 0 Å². The Hall–Kier alpha value is -0.860. The van der Waals surface area contributed by atoms with E-state index in [0.717, 1.165) is 0 Å². The molecule has 3 heteroatoms. The predicted octanol–water partition coefficient (Wildman–Crippen LogP) is 0.800.